The summed E-state index contributed by atoms with van der Waals surface area (Å²) in [7, 11) is 1.57. The molecule has 2 N–H and O–H groups in total. The number of carbonyl (C=O) groups excluding carboxylic acids is 3. The van der Waals surface area contributed by atoms with E-state index in [4.69, 9.17) is 4.74 Å². The number of ether oxygens (including phenoxy) is 1. The number of hydrogen-bond acceptors (Lipinski definition) is 4. The van der Waals surface area contributed by atoms with E-state index in [1.807, 2.05) is 27.7 Å². The molecule has 0 atom stereocenters. The van der Waals surface area contributed by atoms with Crippen LogP contribution in [0.3, 0.4) is 0 Å². The Morgan fingerprint density at radius 3 is 2.25 bits per heavy atom. The molecule has 1 aromatic carbocycles. The van der Waals surface area contributed by atoms with E-state index in [0.29, 0.717) is 24.4 Å². The maximum atomic E-state index is 12.5. The Balaban J connectivity index is 2.51. The van der Waals surface area contributed by atoms with Crippen molar-refractivity contribution >= 4 is 23.4 Å². The summed E-state index contributed by atoms with van der Waals surface area (Å²) < 4.78 is 5.07. The Kier molecular flexibility index (Phi) is 9.48. The second kappa shape index (κ2) is 11.3. The number of amides is 3. The first-order valence-corrected chi connectivity index (χ1v) is 9.63. The van der Waals surface area contributed by atoms with Gasteiger partial charge in [-0.05, 0) is 36.1 Å². The van der Waals surface area contributed by atoms with Crippen molar-refractivity contribution in [3.8, 4) is 5.75 Å². The third-order valence-electron chi connectivity index (χ3n) is 3.97. The fourth-order valence-corrected chi connectivity index (χ4v) is 2.49. The van der Waals surface area contributed by atoms with Crippen LogP contribution >= 0.6 is 0 Å². The number of benzene rings is 1. The molecule has 3 amide bonds. The molecule has 0 aromatic heterocycles. The van der Waals surface area contributed by atoms with Gasteiger partial charge in [-0.15, -0.1) is 0 Å². The molecular weight excluding hydrogens is 358 g/mol. The van der Waals surface area contributed by atoms with Gasteiger partial charge in [-0.2, -0.15) is 0 Å². The number of methoxy groups -OCH3 is 1. The Hall–Kier alpha value is -2.57. The zero-order valence-corrected chi connectivity index (χ0v) is 17.6. The third-order valence-corrected chi connectivity index (χ3v) is 3.97. The zero-order valence-electron chi connectivity index (χ0n) is 17.6. The van der Waals surface area contributed by atoms with E-state index in [-0.39, 0.29) is 36.2 Å². The van der Waals surface area contributed by atoms with Crippen LogP contribution in [0.1, 0.15) is 47.0 Å². The number of anilines is 1. The van der Waals surface area contributed by atoms with E-state index in [1.165, 1.54) is 0 Å². The molecule has 0 bridgehead atoms. The molecule has 0 aliphatic rings. The van der Waals surface area contributed by atoms with Gasteiger partial charge < -0.3 is 20.3 Å². The largest absolute Gasteiger partial charge is 0.497 e. The lowest BCUT2D eigenvalue weighted by molar-refractivity contribution is -0.137. The van der Waals surface area contributed by atoms with E-state index in [1.54, 1.807) is 36.3 Å². The van der Waals surface area contributed by atoms with Crippen molar-refractivity contribution in [3.63, 3.8) is 0 Å². The lowest BCUT2D eigenvalue weighted by atomic mass is 9.91. The van der Waals surface area contributed by atoms with E-state index >= 15 is 0 Å². The summed E-state index contributed by atoms with van der Waals surface area (Å²) in [5.41, 5.74) is 0.473. The quantitative estimate of drug-likeness (QED) is 0.642. The summed E-state index contributed by atoms with van der Waals surface area (Å²) in [5.74, 6) is -0.0277. The molecule has 7 heteroatoms. The van der Waals surface area contributed by atoms with Gasteiger partial charge in [0.1, 0.15) is 5.75 Å². The van der Waals surface area contributed by atoms with Gasteiger partial charge in [-0.25, -0.2) is 0 Å². The van der Waals surface area contributed by atoms with E-state index in [9.17, 15) is 14.4 Å². The second-order valence-corrected chi connectivity index (χ2v) is 7.96. The molecule has 0 aliphatic heterocycles. The molecule has 1 aromatic rings. The number of nitrogens with one attached hydrogen (secondary N) is 2. The lowest BCUT2D eigenvalue weighted by Gasteiger charge is -2.26. The second-order valence-electron chi connectivity index (χ2n) is 7.96. The highest BCUT2D eigenvalue weighted by Gasteiger charge is 2.22. The Morgan fingerprint density at radius 2 is 1.71 bits per heavy atom. The van der Waals surface area contributed by atoms with Crippen molar-refractivity contribution in [2.24, 2.45) is 5.41 Å². The smallest absolute Gasteiger partial charge is 0.243 e. The normalized spacial score (nSPS) is 10.9. The highest BCUT2D eigenvalue weighted by atomic mass is 16.5. The highest BCUT2D eigenvalue weighted by Crippen LogP contribution is 2.20. The van der Waals surface area contributed by atoms with Crippen molar-refractivity contribution in [1.29, 1.82) is 0 Å². The fraction of sp³-hybridized carbons (Fsp3) is 0.571. The SMILES string of the molecule is CCCCN(CC(=O)NCC(=O)Nc1ccc(OC)cc1)C(=O)CC(C)(C)C. The topological polar surface area (TPSA) is 87.7 Å². The minimum absolute atomic E-state index is 0.0370. The van der Waals surface area contributed by atoms with Gasteiger partial charge in [0.05, 0.1) is 20.2 Å². The Morgan fingerprint density at radius 1 is 1.07 bits per heavy atom. The summed E-state index contributed by atoms with van der Waals surface area (Å²) in [6, 6.07) is 6.91. The van der Waals surface area contributed by atoms with Gasteiger partial charge in [-0.1, -0.05) is 34.1 Å². The maximum absolute atomic E-state index is 12.5. The number of carbonyl (C=O) groups is 3. The predicted molar refractivity (Wildman–Crippen MR) is 110 cm³/mol. The molecular formula is C21H33N3O4. The molecule has 0 saturated carbocycles. The van der Waals surface area contributed by atoms with Crippen LogP contribution in [0.2, 0.25) is 0 Å². The van der Waals surface area contributed by atoms with Crippen molar-refractivity contribution in [1.82, 2.24) is 10.2 Å². The molecule has 28 heavy (non-hydrogen) atoms. The minimum Gasteiger partial charge on any atom is -0.497 e. The van der Waals surface area contributed by atoms with Crippen molar-refractivity contribution in [2.75, 3.05) is 32.1 Å². The van der Waals surface area contributed by atoms with Crippen molar-refractivity contribution in [2.45, 2.75) is 47.0 Å². The van der Waals surface area contributed by atoms with Gasteiger partial charge in [-0.3, -0.25) is 14.4 Å². The number of hydrogen-bond donors (Lipinski definition) is 2. The molecule has 7 nitrogen and oxygen atoms in total. The van der Waals surface area contributed by atoms with Crippen LogP contribution in [0.5, 0.6) is 5.75 Å². The predicted octanol–water partition coefficient (Wildman–Crippen LogP) is 2.81. The first kappa shape index (κ1) is 23.5. The van der Waals surface area contributed by atoms with Crippen LogP contribution in [0.4, 0.5) is 5.69 Å². The molecule has 0 heterocycles. The molecule has 0 unspecified atom stereocenters. The van der Waals surface area contributed by atoms with Gasteiger partial charge in [0, 0.05) is 18.7 Å². The summed E-state index contributed by atoms with van der Waals surface area (Å²) in [5, 5.41) is 5.28. The van der Waals surface area contributed by atoms with Crippen LogP contribution in [0.25, 0.3) is 0 Å². The van der Waals surface area contributed by atoms with Gasteiger partial charge in [0.15, 0.2) is 0 Å². The summed E-state index contributed by atoms with van der Waals surface area (Å²) in [4.78, 5) is 38.3. The highest BCUT2D eigenvalue weighted by molar-refractivity contribution is 5.95. The summed E-state index contributed by atoms with van der Waals surface area (Å²) >= 11 is 0. The van der Waals surface area contributed by atoms with Crippen molar-refractivity contribution < 1.29 is 19.1 Å². The van der Waals surface area contributed by atoms with Crippen LogP contribution in [0.15, 0.2) is 24.3 Å². The molecule has 0 saturated heterocycles. The van der Waals surface area contributed by atoms with E-state index in [0.717, 1.165) is 12.8 Å². The third kappa shape index (κ3) is 9.39. The first-order chi connectivity index (χ1) is 13.1. The number of nitrogens with zero attached hydrogens (tertiary/aromatic N) is 1. The molecule has 0 spiro atoms. The standard InChI is InChI=1S/C21H33N3O4/c1-6-7-12-24(20(27)13-21(2,3)4)15-19(26)22-14-18(25)23-16-8-10-17(28-5)11-9-16/h8-11H,6-7,12-15H2,1-5H3,(H,22,26)(H,23,25). The van der Waals surface area contributed by atoms with E-state index < -0.39 is 0 Å². The van der Waals surface area contributed by atoms with Gasteiger partial charge in [0.25, 0.3) is 0 Å². The average Bonchev–Trinajstić information content (AvgIpc) is 2.62. The summed E-state index contributed by atoms with van der Waals surface area (Å²) in [6.07, 6.45) is 2.15. The summed E-state index contributed by atoms with van der Waals surface area (Å²) in [6.45, 7) is 8.36. The zero-order chi connectivity index (χ0) is 21.2. The Labute approximate surface area is 167 Å². The van der Waals surface area contributed by atoms with Gasteiger partial charge >= 0.3 is 0 Å². The molecule has 0 aliphatic carbocycles. The fourth-order valence-electron chi connectivity index (χ4n) is 2.49. The average molecular weight is 392 g/mol. The lowest BCUT2D eigenvalue weighted by Crippen LogP contribution is -2.44. The van der Waals surface area contributed by atoms with E-state index in [2.05, 4.69) is 10.6 Å². The van der Waals surface area contributed by atoms with Crippen LogP contribution in [-0.2, 0) is 14.4 Å². The molecule has 156 valence electrons. The van der Waals surface area contributed by atoms with Crippen LogP contribution in [-0.4, -0.2) is 49.4 Å². The number of unbranched alkanes of at least 4 members (excludes halogenated alkanes) is 1. The van der Waals surface area contributed by atoms with Crippen LogP contribution < -0.4 is 15.4 Å². The monoisotopic (exact) mass is 391 g/mol. The first-order valence-electron chi connectivity index (χ1n) is 9.63. The molecule has 0 fully saturated rings. The molecule has 0 radical (unpaired) electrons. The number of rotatable bonds is 10. The van der Waals surface area contributed by atoms with Gasteiger partial charge in [0.2, 0.25) is 17.7 Å². The Bertz CT molecular complexity index is 651. The van der Waals surface area contributed by atoms with Crippen LogP contribution in [0, 0.1) is 5.41 Å². The minimum atomic E-state index is -0.344. The molecule has 1 rings (SSSR count). The van der Waals surface area contributed by atoms with Crippen molar-refractivity contribution in [3.05, 3.63) is 24.3 Å². The maximum Gasteiger partial charge on any atom is 0.243 e.